The van der Waals surface area contributed by atoms with Gasteiger partial charge in [0.05, 0.1) is 5.39 Å². The van der Waals surface area contributed by atoms with Gasteiger partial charge in [0, 0.05) is 17.8 Å². The third-order valence-electron chi connectivity index (χ3n) is 5.07. The number of aromatic amines is 1. The van der Waals surface area contributed by atoms with Crippen LogP contribution in [0.2, 0.25) is 0 Å². The van der Waals surface area contributed by atoms with Gasteiger partial charge >= 0.3 is 0 Å². The maximum absolute atomic E-state index is 12.6. The van der Waals surface area contributed by atoms with Crippen LogP contribution in [-0.2, 0) is 0 Å². The normalized spacial score (nSPS) is 14.2. The Hall–Kier alpha value is -3.41. The van der Waals surface area contributed by atoms with Gasteiger partial charge in [0.25, 0.3) is 5.91 Å². The largest absolute Gasteiger partial charge is 0.438 e. The molecule has 27 heavy (non-hydrogen) atoms. The average Bonchev–Trinajstić information content (AvgIpc) is 3.14. The Morgan fingerprint density at radius 1 is 1.11 bits per heavy atom. The topological polar surface area (TPSA) is 79.9 Å². The fourth-order valence-electron chi connectivity index (χ4n) is 3.38. The number of carbonyl (C=O) groups is 1. The minimum atomic E-state index is -0.0104. The highest BCUT2D eigenvalue weighted by molar-refractivity contribution is 6.07. The molecule has 1 fully saturated rings. The Balaban J connectivity index is 1.47. The summed E-state index contributed by atoms with van der Waals surface area (Å²) in [6.07, 6.45) is 6.61. The standard InChI is InChI=1S/C21H18N4O2/c26-20(25-14-4-2-5-14)17-6-1-3-13-11-15(7-8-16(13)17)27-21-18-9-10-22-19(18)23-12-24-21/h1,3,6-12,14H,2,4-5H2,(H,25,26)(H,22,23,24). The lowest BCUT2D eigenvalue weighted by Gasteiger charge is -2.26. The minimum Gasteiger partial charge on any atom is -0.438 e. The van der Waals surface area contributed by atoms with Crippen LogP contribution >= 0.6 is 0 Å². The first kappa shape index (κ1) is 15.8. The molecule has 2 N–H and O–H groups in total. The fourth-order valence-corrected chi connectivity index (χ4v) is 3.38. The van der Waals surface area contributed by atoms with Crippen molar-refractivity contribution in [2.45, 2.75) is 25.3 Å². The average molecular weight is 358 g/mol. The first-order valence-electron chi connectivity index (χ1n) is 9.07. The van der Waals surface area contributed by atoms with Crippen LogP contribution in [0.3, 0.4) is 0 Å². The van der Waals surface area contributed by atoms with Crippen molar-refractivity contribution < 1.29 is 9.53 Å². The van der Waals surface area contributed by atoms with E-state index in [9.17, 15) is 4.79 Å². The lowest BCUT2D eigenvalue weighted by atomic mass is 9.92. The van der Waals surface area contributed by atoms with Gasteiger partial charge in [-0.1, -0.05) is 12.1 Å². The Morgan fingerprint density at radius 3 is 2.89 bits per heavy atom. The monoisotopic (exact) mass is 358 g/mol. The first-order valence-corrected chi connectivity index (χ1v) is 9.07. The summed E-state index contributed by atoms with van der Waals surface area (Å²) in [5.74, 6) is 1.16. The molecule has 2 heterocycles. The van der Waals surface area contributed by atoms with E-state index in [0.717, 1.165) is 34.6 Å². The van der Waals surface area contributed by atoms with E-state index < -0.39 is 0 Å². The third-order valence-corrected chi connectivity index (χ3v) is 5.07. The molecule has 0 aliphatic heterocycles. The Bertz CT molecular complexity index is 1150. The van der Waals surface area contributed by atoms with Gasteiger partial charge in [-0.05, 0) is 60.4 Å². The molecule has 5 rings (SSSR count). The highest BCUT2D eigenvalue weighted by Gasteiger charge is 2.21. The summed E-state index contributed by atoms with van der Waals surface area (Å²) in [5.41, 5.74) is 1.43. The molecule has 0 atom stereocenters. The molecule has 1 aliphatic rings. The van der Waals surface area contributed by atoms with Crippen molar-refractivity contribution in [1.82, 2.24) is 20.3 Å². The number of carbonyl (C=O) groups excluding carboxylic acids is 1. The van der Waals surface area contributed by atoms with Crippen LogP contribution in [0.4, 0.5) is 0 Å². The molecule has 134 valence electrons. The second-order valence-corrected chi connectivity index (χ2v) is 6.81. The minimum absolute atomic E-state index is 0.0104. The molecule has 0 spiro atoms. The third kappa shape index (κ3) is 2.89. The van der Waals surface area contributed by atoms with Gasteiger partial charge in [-0.2, -0.15) is 0 Å². The van der Waals surface area contributed by atoms with Crippen LogP contribution in [0.15, 0.2) is 55.0 Å². The molecule has 0 radical (unpaired) electrons. The van der Waals surface area contributed by atoms with Crippen LogP contribution < -0.4 is 10.1 Å². The van der Waals surface area contributed by atoms with E-state index >= 15 is 0 Å². The highest BCUT2D eigenvalue weighted by Crippen LogP contribution is 2.30. The summed E-state index contributed by atoms with van der Waals surface area (Å²) < 4.78 is 5.98. The van der Waals surface area contributed by atoms with E-state index in [1.165, 1.54) is 12.7 Å². The molecule has 6 nitrogen and oxygen atoms in total. The second-order valence-electron chi connectivity index (χ2n) is 6.81. The summed E-state index contributed by atoms with van der Waals surface area (Å²) in [5, 5.41) is 5.80. The van der Waals surface area contributed by atoms with Crippen molar-refractivity contribution in [3.63, 3.8) is 0 Å². The van der Waals surface area contributed by atoms with E-state index in [2.05, 4.69) is 20.3 Å². The Kier molecular flexibility index (Phi) is 3.74. The van der Waals surface area contributed by atoms with E-state index in [1.807, 2.05) is 42.5 Å². The molecule has 0 saturated heterocycles. The predicted octanol–water partition coefficient (Wildman–Crippen LogP) is 4.19. The van der Waals surface area contributed by atoms with E-state index in [1.54, 1.807) is 6.20 Å². The number of hydrogen-bond donors (Lipinski definition) is 2. The SMILES string of the molecule is O=C(NC1CCC1)c1cccc2cc(Oc3ncnc4[nH]ccc34)ccc12. The smallest absolute Gasteiger partial charge is 0.252 e. The first-order chi connectivity index (χ1) is 13.3. The Labute approximate surface area is 155 Å². The van der Waals surface area contributed by atoms with Gasteiger partial charge < -0.3 is 15.0 Å². The number of amides is 1. The highest BCUT2D eigenvalue weighted by atomic mass is 16.5. The maximum atomic E-state index is 12.6. The quantitative estimate of drug-likeness (QED) is 0.573. The summed E-state index contributed by atoms with van der Waals surface area (Å²) >= 11 is 0. The summed E-state index contributed by atoms with van der Waals surface area (Å²) in [7, 11) is 0. The fraction of sp³-hybridized carbons (Fsp3) is 0.190. The molecule has 4 aromatic rings. The van der Waals surface area contributed by atoms with Crippen molar-refractivity contribution in [2.75, 3.05) is 0 Å². The molecular weight excluding hydrogens is 340 g/mol. The lowest BCUT2D eigenvalue weighted by Crippen LogP contribution is -2.39. The zero-order chi connectivity index (χ0) is 18.2. The van der Waals surface area contributed by atoms with Crippen LogP contribution in [0.1, 0.15) is 29.6 Å². The molecule has 1 amide bonds. The van der Waals surface area contributed by atoms with Gasteiger partial charge in [-0.25, -0.2) is 9.97 Å². The molecular formula is C21H18N4O2. The van der Waals surface area contributed by atoms with Gasteiger partial charge in [-0.3, -0.25) is 4.79 Å². The summed E-state index contributed by atoms with van der Waals surface area (Å²) in [6.45, 7) is 0. The van der Waals surface area contributed by atoms with Gasteiger partial charge in [-0.15, -0.1) is 0 Å². The van der Waals surface area contributed by atoms with E-state index in [4.69, 9.17) is 4.74 Å². The summed E-state index contributed by atoms with van der Waals surface area (Å²) in [4.78, 5) is 24.0. The van der Waals surface area contributed by atoms with Crippen LogP contribution in [0.25, 0.3) is 21.8 Å². The molecule has 6 heteroatoms. The van der Waals surface area contributed by atoms with Gasteiger partial charge in [0.15, 0.2) is 0 Å². The second kappa shape index (κ2) is 6.39. The van der Waals surface area contributed by atoms with Crippen molar-refractivity contribution in [1.29, 1.82) is 0 Å². The molecule has 2 aromatic heterocycles. The number of H-pyrrole nitrogens is 1. The van der Waals surface area contributed by atoms with Gasteiger partial charge in [0.2, 0.25) is 5.88 Å². The zero-order valence-electron chi connectivity index (χ0n) is 14.6. The number of hydrogen-bond acceptors (Lipinski definition) is 4. The number of rotatable bonds is 4. The van der Waals surface area contributed by atoms with Crippen molar-refractivity contribution in [3.8, 4) is 11.6 Å². The number of benzene rings is 2. The van der Waals surface area contributed by atoms with Crippen LogP contribution in [0, 0.1) is 0 Å². The van der Waals surface area contributed by atoms with Crippen LogP contribution in [0.5, 0.6) is 11.6 Å². The molecule has 2 aromatic carbocycles. The van der Waals surface area contributed by atoms with Crippen molar-refractivity contribution >= 4 is 27.7 Å². The molecule has 0 bridgehead atoms. The molecule has 1 saturated carbocycles. The maximum Gasteiger partial charge on any atom is 0.252 e. The number of ether oxygens (including phenoxy) is 1. The predicted molar refractivity (Wildman–Crippen MR) is 103 cm³/mol. The lowest BCUT2D eigenvalue weighted by molar-refractivity contribution is 0.0918. The summed E-state index contributed by atoms with van der Waals surface area (Å²) in [6, 6.07) is 13.7. The van der Waals surface area contributed by atoms with E-state index in [-0.39, 0.29) is 5.91 Å². The zero-order valence-corrected chi connectivity index (χ0v) is 14.6. The van der Waals surface area contributed by atoms with Gasteiger partial charge in [0.1, 0.15) is 17.7 Å². The number of aromatic nitrogens is 3. The van der Waals surface area contributed by atoms with E-state index in [0.29, 0.717) is 23.2 Å². The van der Waals surface area contributed by atoms with Crippen molar-refractivity contribution in [3.05, 3.63) is 60.6 Å². The molecule has 1 aliphatic carbocycles. The Morgan fingerprint density at radius 2 is 2.04 bits per heavy atom. The number of nitrogens with one attached hydrogen (secondary N) is 2. The van der Waals surface area contributed by atoms with Crippen molar-refractivity contribution in [2.24, 2.45) is 0 Å². The number of fused-ring (bicyclic) bond motifs is 2. The molecule has 0 unspecified atom stereocenters. The van der Waals surface area contributed by atoms with Crippen LogP contribution in [-0.4, -0.2) is 26.9 Å². The number of nitrogens with zero attached hydrogens (tertiary/aromatic N) is 2.